The third-order valence-electron chi connectivity index (χ3n) is 2.89. The Morgan fingerprint density at radius 1 is 1.32 bits per heavy atom. The number of hydrogen-bond donors (Lipinski definition) is 2. The zero-order chi connectivity index (χ0) is 16.1. The summed E-state index contributed by atoms with van der Waals surface area (Å²) >= 11 is 1.52. The Labute approximate surface area is 132 Å². The predicted molar refractivity (Wildman–Crippen MR) is 84.0 cm³/mol. The Morgan fingerprint density at radius 3 is 2.68 bits per heavy atom. The van der Waals surface area contributed by atoms with Crippen LogP contribution in [0.2, 0.25) is 0 Å². The monoisotopic (exact) mass is 321 g/mol. The van der Waals surface area contributed by atoms with Gasteiger partial charge in [0.25, 0.3) is 0 Å². The Bertz CT molecular complexity index is 647. The summed E-state index contributed by atoms with van der Waals surface area (Å²) in [5.41, 5.74) is 5.35. The summed E-state index contributed by atoms with van der Waals surface area (Å²) in [5.74, 6) is 0.819. The highest BCUT2D eigenvalue weighted by molar-refractivity contribution is 7.13. The van der Waals surface area contributed by atoms with Crippen molar-refractivity contribution in [3.05, 3.63) is 29.0 Å². The molecule has 0 saturated carbocycles. The van der Waals surface area contributed by atoms with Crippen LogP contribution >= 0.6 is 11.3 Å². The summed E-state index contributed by atoms with van der Waals surface area (Å²) in [4.78, 5) is 28.6. The van der Waals surface area contributed by atoms with Crippen molar-refractivity contribution in [3.63, 3.8) is 0 Å². The number of oxazole rings is 1. The zero-order valence-electron chi connectivity index (χ0n) is 12.8. The normalized spacial score (nSPS) is 10.7. The summed E-state index contributed by atoms with van der Waals surface area (Å²) in [5, 5.41) is 1.94. The van der Waals surface area contributed by atoms with Crippen LogP contribution in [-0.4, -0.2) is 16.8 Å². The lowest BCUT2D eigenvalue weighted by atomic mass is 10.1. The van der Waals surface area contributed by atoms with Crippen molar-refractivity contribution in [3.8, 4) is 10.8 Å². The van der Waals surface area contributed by atoms with Gasteiger partial charge in [-0.25, -0.2) is 4.98 Å². The van der Waals surface area contributed by atoms with E-state index in [1.165, 1.54) is 11.3 Å². The third-order valence-corrected chi connectivity index (χ3v) is 3.75. The highest BCUT2D eigenvalue weighted by atomic mass is 32.1. The Balaban J connectivity index is 1.91. The summed E-state index contributed by atoms with van der Waals surface area (Å²) in [7, 11) is 0. The van der Waals surface area contributed by atoms with E-state index in [4.69, 9.17) is 4.42 Å². The van der Waals surface area contributed by atoms with Gasteiger partial charge in [-0.05, 0) is 24.3 Å². The smallest absolute Gasteiger partial charge is 0.244 e. The molecule has 2 N–H and O–H groups in total. The molecule has 2 heterocycles. The van der Waals surface area contributed by atoms with Crippen LogP contribution in [0, 0.1) is 12.8 Å². The van der Waals surface area contributed by atoms with Crippen LogP contribution in [0.25, 0.3) is 10.8 Å². The first-order valence-corrected chi connectivity index (χ1v) is 7.91. The average Bonchev–Trinajstić information content (AvgIpc) is 3.06. The van der Waals surface area contributed by atoms with Crippen molar-refractivity contribution >= 4 is 23.2 Å². The van der Waals surface area contributed by atoms with Crippen molar-refractivity contribution in [1.29, 1.82) is 0 Å². The van der Waals surface area contributed by atoms with Gasteiger partial charge in [0.1, 0.15) is 5.76 Å². The second-order valence-electron chi connectivity index (χ2n) is 5.37. The molecule has 2 aromatic heterocycles. The Hall–Kier alpha value is -2.15. The van der Waals surface area contributed by atoms with Crippen LogP contribution in [0.1, 0.15) is 31.7 Å². The van der Waals surface area contributed by atoms with Crippen molar-refractivity contribution in [2.75, 3.05) is 0 Å². The number of thiophene rings is 1. The molecule has 22 heavy (non-hydrogen) atoms. The van der Waals surface area contributed by atoms with Crippen molar-refractivity contribution in [1.82, 2.24) is 15.8 Å². The average molecular weight is 321 g/mol. The first-order chi connectivity index (χ1) is 10.5. The van der Waals surface area contributed by atoms with Gasteiger partial charge in [-0.15, -0.1) is 11.3 Å². The molecule has 118 valence electrons. The summed E-state index contributed by atoms with van der Waals surface area (Å²) in [6.07, 6.45) is 0.425. The minimum absolute atomic E-state index is 0.0582. The highest BCUT2D eigenvalue weighted by Gasteiger charge is 2.15. The molecule has 0 aliphatic carbocycles. The lowest BCUT2D eigenvalue weighted by Crippen LogP contribution is -2.42. The van der Waals surface area contributed by atoms with Gasteiger partial charge in [0.2, 0.25) is 17.7 Å². The van der Waals surface area contributed by atoms with Crippen LogP contribution in [0.3, 0.4) is 0 Å². The van der Waals surface area contributed by atoms with E-state index in [0.29, 0.717) is 23.8 Å². The molecule has 0 atom stereocenters. The quantitative estimate of drug-likeness (QED) is 0.829. The third kappa shape index (κ3) is 4.42. The van der Waals surface area contributed by atoms with Gasteiger partial charge in [0.05, 0.1) is 17.0 Å². The predicted octanol–water partition coefficient (Wildman–Crippen LogP) is 2.45. The van der Waals surface area contributed by atoms with E-state index in [9.17, 15) is 9.59 Å². The molecule has 0 fully saturated rings. The van der Waals surface area contributed by atoms with E-state index < -0.39 is 0 Å². The topological polar surface area (TPSA) is 84.2 Å². The molecule has 2 aromatic rings. The Kier molecular flexibility index (Phi) is 5.32. The zero-order valence-corrected chi connectivity index (χ0v) is 13.6. The fraction of sp³-hybridized carbons (Fsp3) is 0.400. The molecule has 0 bridgehead atoms. The number of hydrazine groups is 1. The van der Waals surface area contributed by atoms with Crippen LogP contribution < -0.4 is 10.9 Å². The minimum atomic E-state index is -0.328. The van der Waals surface area contributed by atoms with E-state index in [0.717, 1.165) is 4.88 Å². The minimum Gasteiger partial charge on any atom is -0.440 e. The van der Waals surface area contributed by atoms with Crippen molar-refractivity contribution in [2.24, 2.45) is 5.92 Å². The number of hydrogen-bond acceptors (Lipinski definition) is 5. The van der Waals surface area contributed by atoms with E-state index in [2.05, 4.69) is 15.8 Å². The van der Waals surface area contributed by atoms with Crippen LogP contribution in [0.5, 0.6) is 0 Å². The van der Waals surface area contributed by atoms with Crippen LogP contribution in [-0.2, 0) is 16.0 Å². The first kappa shape index (κ1) is 16.2. The van der Waals surface area contributed by atoms with Gasteiger partial charge >= 0.3 is 0 Å². The van der Waals surface area contributed by atoms with Gasteiger partial charge < -0.3 is 4.42 Å². The second-order valence-corrected chi connectivity index (χ2v) is 6.32. The number of nitrogens with zero attached hydrogens (tertiary/aromatic N) is 1. The van der Waals surface area contributed by atoms with Gasteiger partial charge in [0.15, 0.2) is 0 Å². The molecule has 0 aliphatic rings. The number of carbonyl (C=O) groups is 2. The SMILES string of the molecule is Cc1oc(-c2cccs2)nc1CC(=O)NNC(=O)CC(C)C. The van der Waals surface area contributed by atoms with Gasteiger partial charge in [-0.2, -0.15) is 0 Å². The molecule has 0 spiro atoms. The number of nitrogens with one attached hydrogen (secondary N) is 2. The summed E-state index contributed by atoms with van der Waals surface area (Å²) in [6.45, 7) is 5.64. The molecular weight excluding hydrogens is 302 g/mol. The van der Waals surface area contributed by atoms with Gasteiger partial charge in [-0.3, -0.25) is 20.4 Å². The maximum Gasteiger partial charge on any atom is 0.244 e. The van der Waals surface area contributed by atoms with Crippen LogP contribution in [0.15, 0.2) is 21.9 Å². The molecule has 0 radical (unpaired) electrons. The maximum absolute atomic E-state index is 11.8. The van der Waals surface area contributed by atoms with E-state index in [1.54, 1.807) is 6.92 Å². The fourth-order valence-corrected chi connectivity index (χ4v) is 2.50. The Morgan fingerprint density at radius 2 is 2.05 bits per heavy atom. The molecule has 2 rings (SSSR count). The molecule has 7 heteroatoms. The van der Waals surface area contributed by atoms with E-state index in [1.807, 2.05) is 31.4 Å². The number of aryl methyl sites for hydroxylation is 1. The summed E-state index contributed by atoms with van der Waals surface area (Å²) < 4.78 is 5.57. The molecule has 0 unspecified atom stereocenters. The molecule has 6 nitrogen and oxygen atoms in total. The molecule has 0 aromatic carbocycles. The van der Waals surface area contributed by atoms with E-state index >= 15 is 0 Å². The fourth-order valence-electron chi connectivity index (χ4n) is 1.86. The van der Waals surface area contributed by atoms with Crippen LogP contribution in [0.4, 0.5) is 0 Å². The number of rotatable bonds is 5. The lowest BCUT2D eigenvalue weighted by molar-refractivity contribution is -0.129. The van der Waals surface area contributed by atoms with Gasteiger partial charge in [-0.1, -0.05) is 19.9 Å². The first-order valence-electron chi connectivity index (χ1n) is 7.03. The molecule has 2 amide bonds. The number of amides is 2. The summed E-state index contributed by atoms with van der Waals surface area (Å²) in [6, 6.07) is 3.82. The van der Waals surface area contributed by atoms with Gasteiger partial charge in [0, 0.05) is 6.42 Å². The van der Waals surface area contributed by atoms with Crippen molar-refractivity contribution < 1.29 is 14.0 Å². The molecule has 0 saturated heterocycles. The highest BCUT2D eigenvalue weighted by Crippen LogP contribution is 2.25. The van der Waals surface area contributed by atoms with Crippen molar-refractivity contribution in [2.45, 2.75) is 33.6 Å². The number of carbonyl (C=O) groups excluding carboxylic acids is 2. The number of aromatic nitrogens is 1. The maximum atomic E-state index is 11.8. The standard InChI is InChI=1S/C15H19N3O3S/c1-9(2)7-13(19)17-18-14(20)8-11-10(3)21-15(16-11)12-5-4-6-22-12/h4-6,9H,7-8H2,1-3H3,(H,17,19)(H,18,20). The largest absolute Gasteiger partial charge is 0.440 e. The van der Waals surface area contributed by atoms with E-state index in [-0.39, 0.29) is 24.2 Å². The second kappa shape index (κ2) is 7.22. The lowest BCUT2D eigenvalue weighted by Gasteiger charge is -2.08. The molecular formula is C15H19N3O3S. The molecule has 0 aliphatic heterocycles.